The molecule has 0 radical (unpaired) electrons. The van der Waals surface area contributed by atoms with Gasteiger partial charge >= 0.3 is 0 Å². The van der Waals surface area contributed by atoms with Crippen LogP contribution in [0.25, 0.3) is 5.65 Å². The Morgan fingerprint density at radius 2 is 2.00 bits per heavy atom. The van der Waals surface area contributed by atoms with Crippen molar-refractivity contribution >= 4 is 5.65 Å². The molecule has 23 heavy (non-hydrogen) atoms. The second-order valence-electron chi connectivity index (χ2n) is 6.19. The standard InChI is InChI=1S/C16H21N7/c1-13-3-4-15-18-19-16(23(15)20-13)14-5-9-21(10-6-14)11-12-22-8-2-7-17-22/h2-4,7-8,14H,5-6,9-12H2,1H3. The average Bonchev–Trinajstić information content (AvgIpc) is 3.22. The van der Waals surface area contributed by atoms with Gasteiger partial charge in [-0.2, -0.15) is 14.7 Å². The third kappa shape index (κ3) is 2.96. The Hall–Kier alpha value is -2.28. The van der Waals surface area contributed by atoms with E-state index in [9.17, 15) is 0 Å². The highest BCUT2D eigenvalue weighted by Gasteiger charge is 2.24. The molecule has 0 saturated carbocycles. The summed E-state index contributed by atoms with van der Waals surface area (Å²) in [4.78, 5) is 2.50. The summed E-state index contributed by atoms with van der Waals surface area (Å²) in [5.74, 6) is 1.45. The van der Waals surface area contributed by atoms with Crippen molar-refractivity contribution in [1.82, 2.24) is 34.5 Å². The third-order valence-electron chi connectivity index (χ3n) is 4.58. The summed E-state index contributed by atoms with van der Waals surface area (Å²) >= 11 is 0. The Bertz CT molecular complexity index is 769. The van der Waals surface area contributed by atoms with Gasteiger partial charge in [0.25, 0.3) is 0 Å². The van der Waals surface area contributed by atoms with Crippen molar-refractivity contribution in [2.75, 3.05) is 19.6 Å². The number of piperidine rings is 1. The smallest absolute Gasteiger partial charge is 0.177 e. The molecule has 4 heterocycles. The van der Waals surface area contributed by atoms with Crippen LogP contribution >= 0.6 is 0 Å². The summed E-state index contributed by atoms with van der Waals surface area (Å²) in [5, 5.41) is 17.5. The van der Waals surface area contributed by atoms with E-state index in [0.717, 1.165) is 56.2 Å². The van der Waals surface area contributed by atoms with E-state index in [4.69, 9.17) is 0 Å². The van der Waals surface area contributed by atoms with Crippen molar-refractivity contribution in [3.8, 4) is 0 Å². The second-order valence-corrected chi connectivity index (χ2v) is 6.19. The number of fused-ring (bicyclic) bond motifs is 1. The molecule has 7 nitrogen and oxygen atoms in total. The van der Waals surface area contributed by atoms with E-state index in [-0.39, 0.29) is 0 Å². The lowest BCUT2D eigenvalue weighted by Gasteiger charge is -2.30. The van der Waals surface area contributed by atoms with Crippen molar-refractivity contribution in [3.63, 3.8) is 0 Å². The zero-order chi connectivity index (χ0) is 15.6. The van der Waals surface area contributed by atoms with Crippen LogP contribution < -0.4 is 0 Å². The highest BCUT2D eigenvalue weighted by molar-refractivity contribution is 5.36. The highest BCUT2D eigenvalue weighted by Crippen LogP contribution is 2.26. The van der Waals surface area contributed by atoms with Gasteiger partial charge in [0.05, 0.1) is 12.2 Å². The lowest BCUT2D eigenvalue weighted by atomic mass is 9.96. The molecule has 3 aromatic rings. The lowest BCUT2D eigenvalue weighted by molar-refractivity contribution is 0.199. The van der Waals surface area contributed by atoms with E-state index >= 15 is 0 Å². The van der Waals surface area contributed by atoms with E-state index in [1.807, 2.05) is 46.7 Å². The minimum atomic E-state index is 0.445. The van der Waals surface area contributed by atoms with Gasteiger partial charge in [0, 0.05) is 24.9 Å². The first-order chi connectivity index (χ1) is 11.3. The lowest BCUT2D eigenvalue weighted by Crippen LogP contribution is -2.35. The summed E-state index contributed by atoms with van der Waals surface area (Å²) in [5.41, 5.74) is 1.84. The molecule has 0 amide bonds. The summed E-state index contributed by atoms with van der Waals surface area (Å²) in [6, 6.07) is 5.93. The fourth-order valence-corrected chi connectivity index (χ4v) is 3.24. The zero-order valence-corrected chi connectivity index (χ0v) is 13.3. The molecule has 0 unspecified atom stereocenters. The van der Waals surface area contributed by atoms with Crippen LogP contribution in [0.2, 0.25) is 0 Å². The van der Waals surface area contributed by atoms with Crippen LogP contribution in [0.1, 0.15) is 30.3 Å². The Labute approximate surface area is 134 Å². The van der Waals surface area contributed by atoms with Gasteiger partial charge in [-0.25, -0.2) is 0 Å². The van der Waals surface area contributed by atoms with E-state index in [0.29, 0.717) is 5.92 Å². The molecule has 0 atom stereocenters. The number of aryl methyl sites for hydroxylation is 1. The molecule has 1 saturated heterocycles. The third-order valence-corrected chi connectivity index (χ3v) is 4.58. The Morgan fingerprint density at radius 1 is 1.13 bits per heavy atom. The molecule has 1 fully saturated rings. The summed E-state index contributed by atoms with van der Waals surface area (Å²) in [7, 11) is 0. The van der Waals surface area contributed by atoms with Crippen LogP contribution in [0, 0.1) is 6.92 Å². The Balaban J connectivity index is 1.39. The van der Waals surface area contributed by atoms with Gasteiger partial charge in [-0.3, -0.25) is 4.68 Å². The molecule has 1 aliphatic rings. The molecule has 0 bridgehead atoms. The topological polar surface area (TPSA) is 64.1 Å². The first-order valence-corrected chi connectivity index (χ1v) is 8.18. The summed E-state index contributed by atoms with van der Waals surface area (Å²) < 4.78 is 3.91. The van der Waals surface area contributed by atoms with Crippen molar-refractivity contribution in [3.05, 3.63) is 42.1 Å². The molecule has 4 rings (SSSR count). The molecule has 7 heteroatoms. The minimum Gasteiger partial charge on any atom is -0.301 e. The van der Waals surface area contributed by atoms with E-state index in [1.54, 1.807) is 0 Å². The van der Waals surface area contributed by atoms with Gasteiger partial charge in [0.2, 0.25) is 0 Å². The van der Waals surface area contributed by atoms with Crippen molar-refractivity contribution in [2.24, 2.45) is 0 Å². The fourth-order valence-electron chi connectivity index (χ4n) is 3.24. The molecular formula is C16H21N7. The Morgan fingerprint density at radius 3 is 2.78 bits per heavy atom. The molecule has 0 aromatic carbocycles. The molecule has 1 aliphatic heterocycles. The number of rotatable bonds is 4. The first-order valence-electron chi connectivity index (χ1n) is 8.18. The quantitative estimate of drug-likeness (QED) is 0.731. The van der Waals surface area contributed by atoms with E-state index in [2.05, 4.69) is 25.3 Å². The summed E-state index contributed by atoms with van der Waals surface area (Å²) in [6.07, 6.45) is 6.06. The largest absolute Gasteiger partial charge is 0.301 e. The van der Waals surface area contributed by atoms with Crippen molar-refractivity contribution in [1.29, 1.82) is 0 Å². The normalized spacial score (nSPS) is 17.1. The second kappa shape index (κ2) is 6.08. The summed E-state index contributed by atoms with van der Waals surface area (Å²) in [6.45, 7) is 6.18. The maximum absolute atomic E-state index is 4.57. The maximum atomic E-state index is 4.57. The molecule has 0 aliphatic carbocycles. The Kier molecular flexibility index (Phi) is 3.78. The van der Waals surface area contributed by atoms with Crippen molar-refractivity contribution < 1.29 is 0 Å². The van der Waals surface area contributed by atoms with Crippen LogP contribution in [0.4, 0.5) is 0 Å². The van der Waals surface area contributed by atoms with Gasteiger partial charge in [-0.1, -0.05) is 0 Å². The average molecular weight is 311 g/mol. The van der Waals surface area contributed by atoms with Gasteiger partial charge in [0.15, 0.2) is 11.5 Å². The first kappa shape index (κ1) is 14.3. The van der Waals surface area contributed by atoms with Gasteiger partial charge in [-0.05, 0) is 51.1 Å². The number of likely N-dealkylation sites (tertiary alicyclic amines) is 1. The van der Waals surface area contributed by atoms with Crippen LogP contribution in [-0.4, -0.2) is 54.1 Å². The zero-order valence-electron chi connectivity index (χ0n) is 13.3. The molecule has 120 valence electrons. The number of aromatic nitrogens is 6. The molecule has 0 N–H and O–H groups in total. The predicted molar refractivity (Wildman–Crippen MR) is 86.2 cm³/mol. The number of hydrogen-bond donors (Lipinski definition) is 0. The molecule has 3 aromatic heterocycles. The van der Waals surface area contributed by atoms with E-state index in [1.165, 1.54) is 0 Å². The van der Waals surface area contributed by atoms with Crippen LogP contribution in [0.3, 0.4) is 0 Å². The number of nitrogens with zero attached hydrogens (tertiary/aromatic N) is 7. The number of hydrogen-bond acceptors (Lipinski definition) is 5. The van der Waals surface area contributed by atoms with Gasteiger partial charge in [-0.15, -0.1) is 10.2 Å². The molecular weight excluding hydrogens is 290 g/mol. The molecule has 0 spiro atoms. The van der Waals surface area contributed by atoms with E-state index < -0.39 is 0 Å². The van der Waals surface area contributed by atoms with Gasteiger partial charge in [0.1, 0.15) is 0 Å². The van der Waals surface area contributed by atoms with Gasteiger partial charge < -0.3 is 4.90 Å². The maximum Gasteiger partial charge on any atom is 0.177 e. The fraction of sp³-hybridized carbons (Fsp3) is 0.500. The van der Waals surface area contributed by atoms with Crippen molar-refractivity contribution in [2.45, 2.75) is 32.2 Å². The SMILES string of the molecule is Cc1ccc2nnc(C3CCN(CCn4cccn4)CC3)n2n1. The minimum absolute atomic E-state index is 0.445. The van der Waals surface area contributed by atoms with Crippen LogP contribution in [-0.2, 0) is 6.54 Å². The highest BCUT2D eigenvalue weighted by atomic mass is 15.4. The predicted octanol–water partition coefficient (Wildman–Crippen LogP) is 1.51. The van der Waals surface area contributed by atoms with Crippen LogP contribution in [0.5, 0.6) is 0 Å². The van der Waals surface area contributed by atoms with Crippen LogP contribution in [0.15, 0.2) is 30.6 Å². The monoisotopic (exact) mass is 311 g/mol.